The average Bonchev–Trinajstić information content (AvgIpc) is 2.19. The molecule has 3 N–H and O–H groups in total. The molecule has 0 fully saturated rings. The summed E-state index contributed by atoms with van der Waals surface area (Å²) in [6, 6.07) is 5.10. The van der Waals surface area contributed by atoms with Crippen LogP contribution in [0.3, 0.4) is 0 Å². The molecule has 1 amide bonds. The van der Waals surface area contributed by atoms with Gasteiger partial charge in [0.1, 0.15) is 5.84 Å². The van der Waals surface area contributed by atoms with Crippen molar-refractivity contribution in [2.24, 2.45) is 10.7 Å². The molecule has 0 aromatic heterocycles. The number of hydrogen-bond acceptors (Lipinski definition) is 2. The second-order valence-electron chi connectivity index (χ2n) is 2.98. The Morgan fingerprint density at radius 2 is 2.20 bits per heavy atom. The van der Waals surface area contributed by atoms with Crippen LogP contribution in [0.1, 0.15) is 12.5 Å². The third kappa shape index (κ3) is 2.95. The molecule has 0 heterocycles. The molecule has 4 nitrogen and oxygen atoms in total. The molecule has 1 rings (SSSR count). The lowest BCUT2D eigenvalue weighted by Gasteiger charge is -2.06. The van der Waals surface area contributed by atoms with E-state index in [0.29, 0.717) is 16.5 Å². The summed E-state index contributed by atoms with van der Waals surface area (Å²) in [5, 5.41) is 3.04. The van der Waals surface area contributed by atoms with Crippen molar-refractivity contribution < 1.29 is 4.79 Å². The Morgan fingerprint density at radius 3 is 2.67 bits per heavy atom. The molecule has 15 heavy (non-hydrogen) atoms. The van der Waals surface area contributed by atoms with Crippen LogP contribution in [0.4, 0.5) is 5.69 Å². The number of anilines is 1. The van der Waals surface area contributed by atoms with E-state index in [0.717, 1.165) is 5.56 Å². The van der Waals surface area contributed by atoms with E-state index in [9.17, 15) is 4.79 Å². The highest BCUT2D eigenvalue weighted by Crippen LogP contribution is 2.22. The van der Waals surface area contributed by atoms with Crippen LogP contribution in [0, 0.1) is 0 Å². The summed E-state index contributed by atoms with van der Waals surface area (Å²) < 4.78 is 0. The fourth-order valence-electron chi connectivity index (χ4n) is 1.09. The molecule has 1 aromatic rings. The number of rotatable bonds is 2. The number of amidine groups is 1. The standard InChI is InChI=1S/C10H12ClN3O/c1-6(15)14-9-4-3-7(5-8(9)11)10(12)13-2/h3-5H,1-2H3,(H2,12,13)(H,14,15). The lowest BCUT2D eigenvalue weighted by molar-refractivity contribution is -0.114. The summed E-state index contributed by atoms with van der Waals surface area (Å²) in [5.74, 6) is 0.244. The number of aliphatic imine (C=N–C) groups is 1. The Bertz CT molecular complexity index is 415. The molecule has 0 unspecified atom stereocenters. The molecular weight excluding hydrogens is 214 g/mol. The average molecular weight is 226 g/mol. The highest BCUT2D eigenvalue weighted by molar-refractivity contribution is 6.34. The van der Waals surface area contributed by atoms with E-state index in [-0.39, 0.29) is 5.91 Å². The summed E-state index contributed by atoms with van der Waals surface area (Å²) in [6.45, 7) is 1.42. The summed E-state index contributed by atoms with van der Waals surface area (Å²) in [5.41, 5.74) is 6.92. The largest absolute Gasteiger partial charge is 0.384 e. The summed E-state index contributed by atoms with van der Waals surface area (Å²) >= 11 is 5.95. The number of nitrogens with one attached hydrogen (secondary N) is 1. The number of amides is 1. The van der Waals surface area contributed by atoms with Crippen molar-refractivity contribution in [1.82, 2.24) is 0 Å². The van der Waals surface area contributed by atoms with Crippen LogP contribution < -0.4 is 11.1 Å². The number of benzene rings is 1. The number of halogens is 1. The Morgan fingerprint density at radius 1 is 1.53 bits per heavy atom. The van der Waals surface area contributed by atoms with E-state index >= 15 is 0 Å². The summed E-state index contributed by atoms with van der Waals surface area (Å²) in [4.78, 5) is 14.7. The lowest BCUT2D eigenvalue weighted by atomic mass is 10.2. The Kier molecular flexibility index (Phi) is 3.68. The number of carbonyl (C=O) groups excluding carboxylic acids is 1. The second kappa shape index (κ2) is 4.79. The highest BCUT2D eigenvalue weighted by Gasteiger charge is 2.04. The van der Waals surface area contributed by atoms with E-state index in [2.05, 4.69) is 10.3 Å². The van der Waals surface area contributed by atoms with Gasteiger partial charge in [0.2, 0.25) is 5.91 Å². The fourth-order valence-corrected chi connectivity index (χ4v) is 1.32. The quantitative estimate of drug-likeness (QED) is 0.594. The fraction of sp³-hybridized carbons (Fsp3) is 0.200. The number of hydrogen-bond donors (Lipinski definition) is 2. The molecule has 0 spiro atoms. The molecule has 0 saturated carbocycles. The van der Waals surface area contributed by atoms with Gasteiger partial charge in [-0.2, -0.15) is 0 Å². The van der Waals surface area contributed by atoms with Gasteiger partial charge in [0.05, 0.1) is 10.7 Å². The zero-order chi connectivity index (χ0) is 11.4. The van der Waals surface area contributed by atoms with Crippen LogP contribution in [0.15, 0.2) is 23.2 Å². The SMILES string of the molecule is CN=C(N)c1ccc(NC(C)=O)c(Cl)c1. The molecule has 80 valence electrons. The van der Waals surface area contributed by atoms with Gasteiger partial charge in [0.15, 0.2) is 0 Å². The molecule has 0 bridgehead atoms. The van der Waals surface area contributed by atoms with Crippen LogP contribution in [0.5, 0.6) is 0 Å². The molecule has 0 saturated heterocycles. The maximum absolute atomic E-state index is 10.8. The smallest absolute Gasteiger partial charge is 0.221 e. The first-order chi connectivity index (χ1) is 7.04. The molecule has 5 heteroatoms. The number of carbonyl (C=O) groups is 1. The topological polar surface area (TPSA) is 67.5 Å². The molecule has 1 aromatic carbocycles. The number of nitrogens with zero attached hydrogens (tertiary/aromatic N) is 1. The zero-order valence-corrected chi connectivity index (χ0v) is 9.30. The van der Waals surface area contributed by atoms with E-state index in [1.165, 1.54) is 6.92 Å². The molecule has 0 aliphatic heterocycles. The predicted molar refractivity (Wildman–Crippen MR) is 62.4 cm³/mol. The molecule has 0 atom stereocenters. The van der Waals surface area contributed by atoms with Crippen molar-refractivity contribution in [3.05, 3.63) is 28.8 Å². The van der Waals surface area contributed by atoms with Crippen molar-refractivity contribution in [1.29, 1.82) is 0 Å². The monoisotopic (exact) mass is 225 g/mol. The third-order valence-corrected chi connectivity index (χ3v) is 2.13. The van der Waals surface area contributed by atoms with E-state index in [1.54, 1.807) is 25.2 Å². The molecular formula is C10H12ClN3O. The van der Waals surface area contributed by atoms with Crippen molar-refractivity contribution in [3.8, 4) is 0 Å². The van der Waals surface area contributed by atoms with Gasteiger partial charge in [-0.25, -0.2) is 0 Å². The first-order valence-corrected chi connectivity index (χ1v) is 4.72. The minimum Gasteiger partial charge on any atom is -0.384 e. The maximum Gasteiger partial charge on any atom is 0.221 e. The van der Waals surface area contributed by atoms with Crippen LogP contribution >= 0.6 is 11.6 Å². The van der Waals surface area contributed by atoms with Gasteiger partial charge in [0.25, 0.3) is 0 Å². The Balaban J connectivity index is 3.03. The Hall–Kier alpha value is -1.55. The molecule has 0 aliphatic carbocycles. The first-order valence-electron chi connectivity index (χ1n) is 4.34. The van der Waals surface area contributed by atoms with Gasteiger partial charge in [-0.3, -0.25) is 9.79 Å². The molecule has 0 radical (unpaired) electrons. The maximum atomic E-state index is 10.8. The van der Waals surface area contributed by atoms with Crippen molar-refractivity contribution in [2.75, 3.05) is 12.4 Å². The minimum atomic E-state index is -0.165. The van der Waals surface area contributed by atoms with E-state index < -0.39 is 0 Å². The summed E-state index contributed by atoms with van der Waals surface area (Å²) in [7, 11) is 1.60. The van der Waals surface area contributed by atoms with Gasteiger partial charge in [-0.05, 0) is 18.2 Å². The second-order valence-corrected chi connectivity index (χ2v) is 3.39. The van der Waals surface area contributed by atoms with Crippen LogP contribution in [0.2, 0.25) is 5.02 Å². The van der Waals surface area contributed by atoms with E-state index in [4.69, 9.17) is 17.3 Å². The van der Waals surface area contributed by atoms with Gasteiger partial charge < -0.3 is 11.1 Å². The lowest BCUT2D eigenvalue weighted by Crippen LogP contribution is -2.13. The van der Waals surface area contributed by atoms with Gasteiger partial charge in [0, 0.05) is 19.5 Å². The molecule has 0 aliphatic rings. The van der Waals surface area contributed by atoms with Crippen LogP contribution in [0.25, 0.3) is 0 Å². The highest BCUT2D eigenvalue weighted by atomic mass is 35.5. The Labute approximate surface area is 93.1 Å². The van der Waals surface area contributed by atoms with Gasteiger partial charge in [-0.15, -0.1) is 0 Å². The van der Waals surface area contributed by atoms with Crippen molar-refractivity contribution >= 4 is 29.0 Å². The first kappa shape index (κ1) is 11.5. The van der Waals surface area contributed by atoms with Gasteiger partial charge in [-0.1, -0.05) is 11.6 Å². The predicted octanol–water partition coefficient (Wildman–Crippen LogP) is 1.63. The van der Waals surface area contributed by atoms with Crippen molar-refractivity contribution in [2.45, 2.75) is 6.92 Å². The van der Waals surface area contributed by atoms with Crippen molar-refractivity contribution in [3.63, 3.8) is 0 Å². The minimum absolute atomic E-state index is 0.165. The summed E-state index contributed by atoms with van der Waals surface area (Å²) in [6.07, 6.45) is 0. The van der Waals surface area contributed by atoms with E-state index in [1.807, 2.05) is 0 Å². The third-order valence-electron chi connectivity index (χ3n) is 1.82. The number of nitrogens with two attached hydrogens (primary N) is 1. The zero-order valence-electron chi connectivity index (χ0n) is 8.54. The van der Waals surface area contributed by atoms with Crippen LogP contribution in [-0.2, 0) is 4.79 Å². The normalized spacial score (nSPS) is 11.3. The van der Waals surface area contributed by atoms with Gasteiger partial charge >= 0.3 is 0 Å². The van der Waals surface area contributed by atoms with Crippen LogP contribution in [-0.4, -0.2) is 18.8 Å².